The lowest BCUT2D eigenvalue weighted by Gasteiger charge is -2.32. The van der Waals surface area contributed by atoms with Gasteiger partial charge in [-0.25, -0.2) is 0 Å². The first-order valence-corrected chi connectivity index (χ1v) is 21.1. The van der Waals surface area contributed by atoms with Crippen molar-refractivity contribution in [3.63, 3.8) is 0 Å². The van der Waals surface area contributed by atoms with Gasteiger partial charge in [-0.15, -0.1) is 0 Å². The minimum atomic E-state index is -0.179. The average Bonchev–Trinajstić information content (AvgIpc) is 3.02. The number of hydrogen-bond donors (Lipinski definition) is 0. The molecule has 0 bridgehead atoms. The topological polar surface area (TPSA) is 49.9 Å². The van der Waals surface area contributed by atoms with Crippen LogP contribution in [0.15, 0.2) is 24.3 Å². The van der Waals surface area contributed by atoms with Crippen LogP contribution in [0.3, 0.4) is 0 Å². The van der Waals surface area contributed by atoms with Gasteiger partial charge in [0.15, 0.2) is 0 Å². The summed E-state index contributed by atoms with van der Waals surface area (Å²) in [5, 5.41) is 0. The summed E-state index contributed by atoms with van der Waals surface area (Å²) in [5.74, 6) is 2.00. The molecule has 0 rings (SSSR count). The number of ether oxygens (including phenoxy) is 1. The third-order valence-electron chi connectivity index (χ3n) is 8.01. The molecule has 0 aliphatic heterocycles. The highest BCUT2D eigenvalue weighted by Gasteiger charge is 2.24. The van der Waals surface area contributed by atoms with E-state index in [9.17, 15) is 9.59 Å². The number of nitrogens with zero attached hydrogens (tertiary/aromatic N) is 2. The van der Waals surface area contributed by atoms with E-state index in [0.29, 0.717) is 19.6 Å². The van der Waals surface area contributed by atoms with Crippen molar-refractivity contribution >= 4 is 33.5 Å². The van der Waals surface area contributed by atoms with Crippen LogP contribution < -0.4 is 0 Å². The zero-order valence-corrected chi connectivity index (χ0v) is 31.8. The minimum absolute atomic E-state index is 0.179. The van der Waals surface area contributed by atoms with Crippen LogP contribution >= 0.6 is 21.6 Å². The molecule has 0 aromatic heterocycles. The molecule has 0 radical (unpaired) electrons. The quantitative estimate of drug-likeness (QED) is 0.0300. The zero-order chi connectivity index (χ0) is 33.2. The van der Waals surface area contributed by atoms with Gasteiger partial charge in [0.05, 0.1) is 6.42 Å². The molecule has 0 saturated heterocycles. The molecule has 0 saturated carbocycles. The van der Waals surface area contributed by atoms with Crippen molar-refractivity contribution < 1.29 is 14.3 Å². The van der Waals surface area contributed by atoms with E-state index >= 15 is 0 Å². The van der Waals surface area contributed by atoms with Crippen LogP contribution in [0.2, 0.25) is 0 Å². The van der Waals surface area contributed by atoms with Gasteiger partial charge >= 0.3 is 5.97 Å². The fraction of sp³-hybridized carbons (Fsp3) is 0.842. The first-order chi connectivity index (χ1) is 22.0. The summed E-state index contributed by atoms with van der Waals surface area (Å²) < 4.78 is 5.57. The monoisotopic (exact) mass is 668 g/mol. The molecule has 45 heavy (non-hydrogen) atoms. The number of carbonyl (C=O) groups is 2. The maximum absolute atomic E-state index is 13.7. The second-order valence-corrected chi connectivity index (χ2v) is 15.3. The molecule has 0 heterocycles. The maximum Gasteiger partial charge on any atom is 0.307 e. The lowest BCUT2D eigenvalue weighted by molar-refractivity contribution is -0.144. The van der Waals surface area contributed by atoms with Crippen molar-refractivity contribution in [1.82, 2.24) is 9.80 Å². The van der Waals surface area contributed by atoms with Gasteiger partial charge in [0.25, 0.3) is 0 Å². The summed E-state index contributed by atoms with van der Waals surface area (Å²) in [5.41, 5.74) is 0. The Labute approximate surface area is 287 Å². The third kappa shape index (κ3) is 30.2. The second kappa shape index (κ2) is 34.4. The van der Waals surface area contributed by atoms with Crippen molar-refractivity contribution in [3.05, 3.63) is 24.3 Å². The Hall–Kier alpha value is -0.920. The number of rotatable bonds is 33. The summed E-state index contributed by atoms with van der Waals surface area (Å²) >= 11 is 0. The van der Waals surface area contributed by atoms with Crippen molar-refractivity contribution in [1.29, 1.82) is 0 Å². The van der Waals surface area contributed by atoms with Crippen LogP contribution in [0.4, 0.5) is 0 Å². The van der Waals surface area contributed by atoms with Crippen LogP contribution in [0.1, 0.15) is 156 Å². The molecule has 0 aromatic carbocycles. The molecule has 0 aromatic rings. The predicted octanol–water partition coefficient (Wildman–Crippen LogP) is 11.0. The van der Waals surface area contributed by atoms with Gasteiger partial charge in [0.2, 0.25) is 5.91 Å². The smallest absolute Gasteiger partial charge is 0.307 e. The van der Waals surface area contributed by atoms with Gasteiger partial charge in [-0.1, -0.05) is 105 Å². The summed E-state index contributed by atoms with van der Waals surface area (Å²) in [6.45, 7) is 8.67. The number of allylic oxidation sites excluding steroid dienone is 4. The Morgan fingerprint density at radius 3 is 1.73 bits per heavy atom. The number of unbranched alkanes of at least 4 members (excludes halogenated alkanes) is 11. The van der Waals surface area contributed by atoms with Crippen molar-refractivity contribution in [2.24, 2.45) is 0 Å². The summed E-state index contributed by atoms with van der Waals surface area (Å²) in [6.07, 6.45) is 31.9. The molecule has 0 spiro atoms. The first kappa shape index (κ1) is 44.1. The van der Waals surface area contributed by atoms with E-state index in [4.69, 9.17) is 4.74 Å². The largest absolute Gasteiger partial charge is 0.465 e. The summed E-state index contributed by atoms with van der Waals surface area (Å²) in [4.78, 5) is 30.7. The lowest BCUT2D eigenvalue weighted by Crippen LogP contribution is -2.42. The molecule has 5 nitrogen and oxygen atoms in total. The third-order valence-corrected chi connectivity index (χ3v) is 10.5. The van der Waals surface area contributed by atoms with E-state index in [1.165, 1.54) is 64.2 Å². The Bertz CT molecular complexity index is 704. The van der Waals surface area contributed by atoms with E-state index in [-0.39, 0.29) is 24.3 Å². The molecule has 264 valence electrons. The number of esters is 1. The van der Waals surface area contributed by atoms with E-state index in [1.54, 1.807) is 10.8 Å². The Balaban J connectivity index is 5.22. The highest BCUT2D eigenvalue weighted by Crippen LogP contribution is 2.22. The number of carbonyl (C=O) groups excluding carboxylic acids is 2. The molecule has 0 aliphatic carbocycles. The molecule has 0 fully saturated rings. The van der Waals surface area contributed by atoms with Gasteiger partial charge in [0.1, 0.15) is 6.61 Å². The van der Waals surface area contributed by atoms with Gasteiger partial charge in [-0.2, -0.15) is 0 Å². The highest BCUT2D eigenvalue weighted by molar-refractivity contribution is 8.76. The van der Waals surface area contributed by atoms with Crippen molar-refractivity contribution in [2.75, 3.05) is 45.3 Å². The Morgan fingerprint density at radius 1 is 0.622 bits per heavy atom. The van der Waals surface area contributed by atoms with Crippen LogP contribution in [-0.4, -0.2) is 73.0 Å². The highest BCUT2D eigenvalue weighted by atomic mass is 33.1. The van der Waals surface area contributed by atoms with Crippen LogP contribution in [0, 0.1) is 0 Å². The van der Waals surface area contributed by atoms with Gasteiger partial charge in [0, 0.05) is 30.5 Å². The van der Waals surface area contributed by atoms with Gasteiger partial charge < -0.3 is 14.5 Å². The molecule has 7 heteroatoms. The molecular weight excluding hydrogens is 597 g/mol. The van der Waals surface area contributed by atoms with Crippen molar-refractivity contribution in [2.45, 2.75) is 162 Å². The Morgan fingerprint density at radius 2 is 1.18 bits per heavy atom. The van der Waals surface area contributed by atoms with E-state index in [1.807, 2.05) is 10.8 Å². The Kier molecular flexibility index (Phi) is 33.7. The van der Waals surface area contributed by atoms with Crippen LogP contribution in [-0.2, 0) is 14.3 Å². The summed E-state index contributed by atoms with van der Waals surface area (Å²) in [6, 6.07) is 0.180. The first-order valence-electron chi connectivity index (χ1n) is 18.6. The fourth-order valence-electron chi connectivity index (χ4n) is 5.22. The fourth-order valence-corrected chi connectivity index (χ4v) is 7.28. The minimum Gasteiger partial charge on any atom is -0.465 e. The van der Waals surface area contributed by atoms with E-state index in [2.05, 4.69) is 69.0 Å². The second-order valence-electron chi connectivity index (χ2n) is 12.6. The number of hydrogen-bond acceptors (Lipinski definition) is 6. The standard InChI is InChI=1S/C38H72N2O3S2/c1-6-9-12-14-16-18-20-23-27-36(28-24-21-19-17-15-13-10-7-2)40(37(41)29-25-22-26-31-39(4)5)32-30-38(42)43-33-35-45-44-34-11-8-3/h16-19,36H,6-15,20-35H2,1-5H3/b18-16-,19-17-. The molecular formula is C38H72N2O3S2. The van der Waals surface area contributed by atoms with Gasteiger partial charge in [-0.3, -0.25) is 9.59 Å². The average molecular weight is 669 g/mol. The molecule has 1 amide bonds. The normalized spacial score (nSPS) is 11.9. The van der Waals surface area contributed by atoms with E-state index in [0.717, 1.165) is 75.8 Å². The summed E-state index contributed by atoms with van der Waals surface area (Å²) in [7, 11) is 7.84. The molecule has 0 N–H and O–H groups in total. The van der Waals surface area contributed by atoms with Crippen LogP contribution in [0.25, 0.3) is 0 Å². The maximum atomic E-state index is 13.7. The SMILES string of the molecule is CCCCC/C=C\CCCC(CCC/C=C\CCCCC)N(CCC(=O)OCCSSCCCC)C(=O)CCCCCN(C)C. The molecule has 0 atom stereocenters. The lowest BCUT2D eigenvalue weighted by atomic mass is 9.99. The van der Waals surface area contributed by atoms with E-state index < -0.39 is 0 Å². The molecule has 0 unspecified atom stereocenters. The van der Waals surface area contributed by atoms with Crippen molar-refractivity contribution in [3.8, 4) is 0 Å². The zero-order valence-electron chi connectivity index (χ0n) is 30.2. The molecule has 0 aliphatic rings. The van der Waals surface area contributed by atoms with Crippen LogP contribution in [0.5, 0.6) is 0 Å². The van der Waals surface area contributed by atoms with Gasteiger partial charge in [-0.05, 0) is 104 Å². The number of amides is 1. The predicted molar refractivity (Wildman–Crippen MR) is 202 cm³/mol.